The maximum absolute atomic E-state index is 10.9. The molecule has 8 heteroatoms. The molecule has 0 aromatic heterocycles. The fourth-order valence-corrected chi connectivity index (χ4v) is 1.78. The minimum Gasteiger partial charge on any atom is -0.477 e. The molecule has 3 N–H and O–H groups in total. The quantitative estimate of drug-likeness (QED) is 0.412. The van der Waals surface area contributed by atoms with Gasteiger partial charge in [-0.3, -0.25) is 10.1 Å². The van der Waals surface area contributed by atoms with Crippen LogP contribution in [0.1, 0.15) is 28.4 Å². The maximum Gasteiger partial charge on any atom is 0.342 e. The van der Waals surface area contributed by atoms with E-state index in [4.69, 9.17) is 16.7 Å². The van der Waals surface area contributed by atoms with Crippen LogP contribution in [0.3, 0.4) is 0 Å². The van der Waals surface area contributed by atoms with Crippen LogP contribution in [-0.2, 0) is 0 Å². The number of hydrogen-bond donors (Lipinski definition) is 3. The van der Waals surface area contributed by atoms with Gasteiger partial charge >= 0.3 is 5.97 Å². The van der Waals surface area contributed by atoms with E-state index >= 15 is 0 Å². The molecule has 0 amide bonds. The monoisotopic (exact) mass is 289 g/mol. The first-order valence-electron chi connectivity index (χ1n) is 5.32. The Morgan fingerprint density at radius 3 is 2.53 bits per heavy atom. The van der Waals surface area contributed by atoms with Gasteiger partial charge < -0.3 is 15.3 Å². The van der Waals surface area contributed by atoms with Crippen molar-refractivity contribution < 1.29 is 25.0 Å². The largest absolute Gasteiger partial charge is 0.477 e. The zero-order valence-electron chi connectivity index (χ0n) is 9.69. The second-order valence-corrected chi connectivity index (χ2v) is 4.21. The summed E-state index contributed by atoms with van der Waals surface area (Å²) in [6.45, 7) is 0. The lowest BCUT2D eigenvalue weighted by molar-refractivity contribution is -0.385. The highest BCUT2D eigenvalue weighted by atomic mass is 35.5. The van der Waals surface area contributed by atoms with Gasteiger partial charge in [0.2, 0.25) is 0 Å². The van der Waals surface area contributed by atoms with Gasteiger partial charge in [0, 0.05) is 11.9 Å². The SMILES string of the molecule is O=C(O)c1cc(C(O)C(O)CCCl)ccc1[N+](=O)[O-]. The Hall–Kier alpha value is -1.70. The van der Waals surface area contributed by atoms with Crippen LogP contribution in [-0.4, -0.2) is 38.2 Å². The molecule has 104 valence electrons. The van der Waals surface area contributed by atoms with Crippen molar-refractivity contribution in [1.82, 2.24) is 0 Å². The van der Waals surface area contributed by atoms with Crippen LogP contribution < -0.4 is 0 Å². The first-order chi connectivity index (χ1) is 8.88. The lowest BCUT2D eigenvalue weighted by atomic mass is 9.99. The Morgan fingerprint density at radius 2 is 2.05 bits per heavy atom. The molecule has 19 heavy (non-hydrogen) atoms. The Morgan fingerprint density at radius 1 is 1.42 bits per heavy atom. The van der Waals surface area contributed by atoms with Crippen molar-refractivity contribution in [3.8, 4) is 0 Å². The maximum atomic E-state index is 10.9. The number of nitro groups is 1. The van der Waals surface area contributed by atoms with Crippen LogP contribution in [0.2, 0.25) is 0 Å². The van der Waals surface area contributed by atoms with Crippen molar-refractivity contribution >= 4 is 23.3 Å². The Bertz CT molecular complexity index is 492. The number of benzene rings is 1. The number of carboxylic acids is 1. The minimum absolute atomic E-state index is 0.0839. The molecule has 0 fully saturated rings. The van der Waals surface area contributed by atoms with E-state index < -0.39 is 34.4 Å². The number of carbonyl (C=O) groups is 1. The summed E-state index contributed by atoms with van der Waals surface area (Å²) in [5, 5.41) is 38.9. The number of aliphatic hydroxyl groups excluding tert-OH is 2. The van der Waals surface area contributed by atoms with E-state index in [-0.39, 0.29) is 17.9 Å². The highest BCUT2D eigenvalue weighted by Gasteiger charge is 2.24. The second-order valence-electron chi connectivity index (χ2n) is 3.83. The van der Waals surface area contributed by atoms with Gasteiger partial charge in [-0.2, -0.15) is 0 Å². The number of rotatable bonds is 6. The number of nitrogens with zero attached hydrogens (tertiary/aromatic N) is 1. The molecule has 1 rings (SSSR count). The smallest absolute Gasteiger partial charge is 0.342 e. The summed E-state index contributed by atoms with van der Waals surface area (Å²) >= 11 is 5.42. The fourth-order valence-electron chi connectivity index (χ4n) is 1.56. The fraction of sp³-hybridized carbons (Fsp3) is 0.364. The summed E-state index contributed by atoms with van der Waals surface area (Å²) in [5.41, 5.74) is -1.03. The van der Waals surface area contributed by atoms with Crippen molar-refractivity contribution in [3.05, 3.63) is 39.4 Å². The zero-order valence-corrected chi connectivity index (χ0v) is 10.4. The molecule has 0 aliphatic carbocycles. The number of alkyl halides is 1. The molecule has 0 saturated heterocycles. The van der Waals surface area contributed by atoms with Crippen LogP contribution in [0.5, 0.6) is 0 Å². The van der Waals surface area contributed by atoms with E-state index in [1.807, 2.05) is 0 Å². The summed E-state index contributed by atoms with van der Waals surface area (Å²) in [6.07, 6.45) is -2.40. The minimum atomic E-state index is -1.48. The third kappa shape index (κ3) is 3.63. The van der Waals surface area contributed by atoms with Gasteiger partial charge in [0.15, 0.2) is 0 Å². The summed E-state index contributed by atoms with van der Waals surface area (Å²) in [6, 6.07) is 3.16. The zero-order chi connectivity index (χ0) is 14.6. The molecule has 2 atom stereocenters. The molecular formula is C11H12ClNO6. The van der Waals surface area contributed by atoms with Crippen LogP contribution in [0, 0.1) is 10.1 Å². The molecule has 7 nitrogen and oxygen atoms in total. The Labute approximate surface area is 113 Å². The van der Waals surface area contributed by atoms with E-state index in [2.05, 4.69) is 0 Å². The summed E-state index contributed by atoms with van der Waals surface area (Å²) in [7, 11) is 0. The van der Waals surface area contributed by atoms with Crippen molar-refractivity contribution in [1.29, 1.82) is 0 Å². The number of aliphatic hydroxyl groups is 2. The van der Waals surface area contributed by atoms with Gasteiger partial charge in [-0.05, 0) is 24.1 Å². The molecule has 0 bridgehead atoms. The van der Waals surface area contributed by atoms with E-state index in [1.54, 1.807) is 0 Å². The summed E-state index contributed by atoms with van der Waals surface area (Å²) in [4.78, 5) is 20.8. The average molecular weight is 290 g/mol. The molecule has 0 saturated carbocycles. The average Bonchev–Trinajstić information content (AvgIpc) is 2.37. The van der Waals surface area contributed by atoms with Gasteiger partial charge in [0.25, 0.3) is 5.69 Å². The standard InChI is InChI=1S/C11H12ClNO6/c12-4-3-9(14)10(15)6-1-2-8(13(18)19)7(5-6)11(16)17/h1-2,5,9-10,14-15H,3-4H2,(H,16,17). The number of hydrogen-bond acceptors (Lipinski definition) is 5. The normalized spacial score (nSPS) is 13.8. The van der Waals surface area contributed by atoms with E-state index in [0.717, 1.165) is 12.1 Å². The van der Waals surface area contributed by atoms with Crippen LogP contribution >= 0.6 is 11.6 Å². The van der Waals surface area contributed by atoms with Crippen LogP contribution in [0.25, 0.3) is 0 Å². The predicted octanol–water partition coefficient (Wildman–Crippen LogP) is 1.32. The molecule has 0 aliphatic heterocycles. The highest BCUT2D eigenvalue weighted by Crippen LogP contribution is 2.26. The van der Waals surface area contributed by atoms with E-state index in [9.17, 15) is 25.1 Å². The second kappa shape index (κ2) is 6.46. The third-order valence-electron chi connectivity index (χ3n) is 2.56. The van der Waals surface area contributed by atoms with E-state index in [1.165, 1.54) is 6.07 Å². The molecule has 2 unspecified atom stereocenters. The van der Waals surface area contributed by atoms with Gasteiger partial charge in [0.05, 0.1) is 11.0 Å². The number of carboxylic acid groups (broad SMARTS) is 1. The van der Waals surface area contributed by atoms with Crippen molar-refractivity contribution in [3.63, 3.8) is 0 Å². The van der Waals surface area contributed by atoms with Gasteiger partial charge in [-0.25, -0.2) is 4.79 Å². The van der Waals surface area contributed by atoms with Crippen molar-refractivity contribution in [2.24, 2.45) is 0 Å². The molecule has 1 aromatic carbocycles. The third-order valence-corrected chi connectivity index (χ3v) is 2.78. The van der Waals surface area contributed by atoms with Crippen LogP contribution in [0.4, 0.5) is 5.69 Å². The number of aromatic carboxylic acids is 1. The lowest BCUT2D eigenvalue weighted by Gasteiger charge is -2.17. The predicted molar refractivity (Wildman–Crippen MR) is 66.4 cm³/mol. The molecule has 0 aliphatic rings. The van der Waals surface area contributed by atoms with Crippen molar-refractivity contribution in [2.45, 2.75) is 18.6 Å². The first-order valence-corrected chi connectivity index (χ1v) is 5.85. The summed E-state index contributed by atoms with van der Waals surface area (Å²) < 4.78 is 0. The lowest BCUT2D eigenvalue weighted by Crippen LogP contribution is -2.19. The van der Waals surface area contributed by atoms with Gasteiger partial charge in [-0.1, -0.05) is 0 Å². The molecule has 0 spiro atoms. The molecule has 0 radical (unpaired) electrons. The molecule has 0 heterocycles. The Kier molecular flexibility index (Phi) is 5.22. The number of halogens is 1. The van der Waals surface area contributed by atoms with E-state index in [0.29, 0.717) is 0 Å². The van der Waals surface area contributed by atoms with Crippen LogP contribution in [0.15, 0.2) is 18.2 Å². The Balaban J connectivity index is 3.15. The number of nitro benzene ring substituents is 1. The highest BCUT2D eigenvalue weighted by molar-refractivity contribution is 6.17. The topological polar surface area (TPSA) is 121 Å². The summed E-state index contributed by atoms with van der Waals surface area (Å²) in [5.74, 6) is -1.36. The van der Waals surface area contributed by atoms with Gasteiger partial charge in [0.1, 0.15) is 11.7 Å². The molecule has 1 aromatic rings. The van der Waals surface area contributed by atoms with Gasteiger partial charge in [-0.15, -0.1) is 11.6 Å². The van der Waals surface area contributed by atoms with Crippen molar-refractivity contribution in [2.75, 3.05) is 5.88 Å². The first kappa shape index (κ1) is 15.4. The molecular weight excluding hydrogens is 278 g/mol.